The first kappa shape index (κ1) is 12.6. The van der Waals surface area contributed by atoms with Crippen LogP contribution in [0, 0.1) is 6.92 Å². The fourth-order valence-corrected chi connectivity index (χ4v) is 1.52. The molecule has 88 valence electrons. The third kappa shape index (κ3) is 4.40. The standard InChI is InChI=1S/C12H18N2O2/c1-3-14(8-7-12(15)16)9-11-6-4-5-10(2)13-11/h4-6H,3,7-9H2,1-2H3,(H,15,16). The molecule has 0 radical (unpaired) electrons. The summed E-state index contributed by atoms with van der Waals surface area (Å²) >= 11 is 0. The zero-order valence-corrected chi connectivity index (χ0v) is 9.81. The molecular weight excluding hydrogens is 204 g/mol. The number of aryl methyl sites for hydroxylation is 1. The third-order valence-electron chi connectivity index (χ3n) is 2.42. The van der Waals surface area contributed by atoms with Crippen molar-refractivity contribution in [3.05, 3.63) is 29.6 Å². The SMILES string of the molecule is CCN(CCC(=O)O)Cc1cccc(C)n1. The fourth-order valence-electron chi connectivity index (χ4n) is 1.52. The molecule has 1 N–H and O–H groups in total. The lowest BCUT2D eigenvalue weighted by molar-refractivity contribution is -0.137. The van der Waals surface area contributed by atoms with Crippen LogP contribution in [0.15, 0.2) is 18.2 Å². The summed E-state index contributed by atoms with van der Waals surface area (Å²) in [6.45, 7) is 6.10. The molecule has 0 bridgehead atoms. The van der Waals surface area contributed by atoms with Gasteiger partial charge in [0.15, 0.2) is 0 Å². The van der Waals surface area contributed by atoms with Crippen molar-refractivity contribution in [1.29, 1.82) is 0 Å². The highest BCUT2D eigenvalue weighted by atomic mass is 16.4. The molecule has 0 saturated carbocycles. The zero-order chi connectivity index (χ0) is 12.0. The van der Waals surface area contributed by atoms with Crippen LogP contribution in [0.5, 0.6) is 0 Å². The molecular formula is C12H18N2O2. The van der Waals surface area contributed by atoms with E-state index < -0.39 is 5.97 Å². The van der Waals surface area contributed by atoms with E-state index in [9.17, 15) is 4.79 Å². The van der Waals surface area contributed by atoms with E-state index in [1.165, 1.54) is 0 Å². The number of hydrogen-bond donors (Lipinski definition) is 1. The number of pyridine rings is 1. The average Bonchev–Trinajstić information content (AvgIpc) is 2.24. The minimum Gasteiger partial charge on any atom is -0.481 e. The van der Waals surface area contributed by atoms with Crippen molar-refractivity contribution in [3.8, 4) is 0 Å². The van der Waals surface area contributed by atoms with Gasteiger partial charge in [0.2, 0.25) is 0 Å². The Morgan fingerprint density at radius 1 is 1.50 bits per heavy atom. The van der Waals surface area contributed by atoms with E-state index in [2.05, 4.69) is 9.88 Å². The molecule has 4 nitrogen and oxygen atoms in total. The highest BCUT2D eigenvalue weighted by Crippen LogP contribution is 2.03. The van der Waals surface area contributed by atoms with Gasteiger partial charge in [-0.1, -0.05) is 13.0 Å². The molecule has 4 heteroatoms. The average molecular weight is 222 g/mol. The van der Waals surface area contributed by atoms with Gasteiger partial charge in [0.1, 0.15) is 0 Å². The Morgan fingerprint density at radius 2 is 2.25 bits per heavy atom. The van der Waals surface area contributed by atoms with Crippen molar-refractivity contribution in [2.75, 3.05) is 13.1 Å². The van der Waals surface area contributed by atoms with E-state index in [-0.39, 0.29) is 6.42 Å². The van der Waals surface area contributed by atoms with E-state index in [1.807, 2.05) is 32.0 Å². The molecule has 0 saturated heterocycles. The molecule has 1 aromatic rings. The monoisotopic (exact) mass is 222 g/mol. The predicted octanol–water partition coefficient (Wildman–Crippen LogP) is 1.69. The van der Waals surface area contributed by atoms with Crippen LogP contribution in [-0.4, -0.2) is 34.0 Å². The van der Waals surface area contributed by atoms with Crippen LogP contribution in [-0.2, 0) is 11.3 Å². The van der Waals surface area contributed by atoms with Crippen LogP contribution in [0.4, 0.5) is 0 Å². The van der Waals surface area contributed by atoms with Crippen LogP contribution in [0.2, 0.25) is 0 Å². The first-order valence-corrected chi connectivity index (χ1v) is 5.48. The second-order valence-corrected chi connectivity index (χ2v) is 3.78. The summed E-state index contributed by atoms with van der Waals surface area (Å²) in [5.74, 6) is -0.754. The van der Waals surface area contributed by atoms with Crippen molar-refractivity contribution >= 4 is 5.97 Å². The Morgan fingerprint density at radius 3 is 2.81 bits per heavy atom. The van der Waals surface area contributed by atoms with Crippen LogP contribution >= 0.6 is 0 Å². The first-order valence-electron chi connectivity index (χ1n) is 5.48. The number of hydrogen-bond acceptors (Lipinski definition) is 3. The first-order chi connectivity index (χ1) is 7.61. The van der Waals surface area contributed by atoms with E-state index in [4.69, 9.17) is 5.11 Å². The van der Waals surface area contributed by atoms with Crippen molar-refractivity contribution in [2.24, 2.45) is 0 Å². The number of carbonyl (C=O) groups is 1. The zero-order valence-electron chi connectivity index (χ0n) is 9.81. The number of nitrogens with zero attached hydrogens (tertiary/aromatic N) is 2. The van der Waals surface area contributed by atoms with Crippen LogP contribution < -0.4 is 0 Å². The fraction of sp³-hybridized carbons (Fsp3) is 0.500. The number of rotatable bonds is 6. The molecule has 1 rings (SSSR count). The number of aromatic nitrogens is 1. The van der Waals surface area contributed by atoms with E-state index in [0.29, 0.717) is 13.1 Å². The minimum absolute atomic E-state index is 0.180. The van der Waals surface area contributed by atoms with Gasteiger partial charge in [0, 0.05) is 18.8 Å². The summed E-state index contributed by atoms with van der Waals surface area (Å²) in [7, 11) is 0. The van der Waals surface area contributed by atoms with Gasteiger partial charge in [0.05, 0.1) is 12.1 Å². The van der Waals surface area contributed by atoms with Gasteiger partial charge >= 0.3 is 5.97 Å². The van der Waals surface area contributed by atoms with Crippen molar-refractivity contribution < 1.29 is 9.90 Å². The molecule has 0 aliphatic carbocycles. The van der Waals surface area contributed by atoms with Gasteiger partial charge in [0.25, 0.3) is 0 Å². The molecule has 0 spiro atoms. The van der Waals surface area contributed by atoms with Gasteiger partial charge in [-0.25, -0.2) is 0 Å². The van der Waals surface area contributed by atoms with E-state index in [1.54, 1.807) is 0 Å². The predicted molar refractivity (Wildman–Crippen MR) is 62.2 cm³/mol. The maximum atomic E-state index is 10.5. The Kier molecular flexibility index (Phi) is 4.92. The molecule has 0 aliphatic heterocycles. The van der Waals surface area contributed by atoms with Crippen LogP contribution in [0.1, 0.15) is 24.7 Å². The highest BCUT2D eigenvalue weighted by Gasteiger charge is 2.07. The summed E-state index contributed by atoms with van der Waals surface area (Å²) in [5.41, 5.74) is 1.99. The molecule has 0 fully saturated rings. The minimum atomic E-state index is -0.754. The second-order valence-electron chi connectivity index (χ2n) is 3.78. The molecule has 1 heterocycles. The highest BCUT2D eigenvalue weighted by molar-refractivity contribution is 5.66. The second kappa shape index (κ2) is 6.23. The van der Waals surface area contributed by atoms with Crippen LogP contribution in [0.3, 0.4) is 0 Å². The lowest BCUT2D eigenvalue weighted by Crippen LogP contribution is -2.26. The molecule has 0 amide bonds. The van der Waals surface area contributed by atoms with Gasteiger partial charge in [-0.2, -0.15) is 0 Å². The van der Waals surface area contributed by atoms with Crippen molar-refractivity contribution in [2.45, 2.75) is 26.8 Å². The Hall–Kier alpha value is -1.42. The Bertz CT molecular complexity index is 353. The number of carboxylic acid groups (broad SMARTS) is 1. The van der Waals surface area contributed by atoms with Gasteiger partial charge in [-0.15, -0.1) is 0 Å². The lowest BCUT2D eigenvalue weighted by Gasteiger charge is -2.18. The third-order valence-corrected chi connectivity index (χ3v) is 2.42. The lowest BCUT2D eigenvalue weighted by atomic mass is 10.3. The largest absolute Gasteiger partial charge is 0.481 e. The maximum absolute atomic E-state index is 10.5. The smallest absolute Gasteiger partial charge is 0.304 e. The number of carboxylic acids is 1. The Labute approximate surface area is 95.9 Å². The van der Waals surface area contributed by atoms with Gasteiger partial charge in [-0.3, -0.25) is 14.7 Å². The maximum Gasteiger partial charge on any atom is 0.304 e. The normalized spacial score (nSPS) is 10.7. The quantitative estimate of drug-likeness (QED) is 0.795. The Balaban J connectivity index is 2.52. The van der Waals surface area contributed by atoms with Crippen molar-refractivity contribution in [3.63, 3.8) is 0 Å². The molecule has 0 aliphatic rings. The molecule has 16 heavy (non-hydrogen) atoms. The summed E-state index contributed by atoms with van der Waals surface area (Å²) in [4.78, 5) is 17.0. The summed E-state index contributed by atoms with van der Waals surface area (Å²) in [6.07, 6.45) is 0.180. The summed E-state index contributed by atoms with van der Waals surface area (Å²) < 4.78 is 0. The van der Waals surface area contributed by atoms with Crippen molar-refractivity contribution in [1.82, 2.24) is 9.88 Å². The summed E-state index contributed by atoms with van der Waals surface area (Å²) in [5, 5.41) is 8.63. The molecule has 1 aromatic heterocycles. The number of aliphatic carboxylic acids is 1. The van der Waals surface area contributed by atoms with E-state index >= 15 is 0 Å². The molecule has 0 atom stereocenters. The van der Waals surface area contributed by atoms with Gasteiger partial charge in [-0.05, 0) is 25.6 Å². The summed E-state index contributed by atoms with van der Waals surface area (Å²) in [6, 6.07) is 5.90. The van der Waals surface area contributed by atoms with Crippen LogP contribution in [0.25, 0.3) is 0 Å². The van der Waals surface area contributed by atoms with Gasteiger partial charge < -0.3 is 5.11 Å². The molecule has 0 unspecified atom stereocenters. The molecule has 0 aromatic carbocycles. The van der Waals surface area contributed by atoms with E-state index in [0.717, 1.165) is 17.9 Å². The topological polar surface area (TPSA) is 53.4 Å².